The van der Waals surface area contributed by atoms with Crippen molar-refractivity contribution in [1.29, 1.82) is 0 Å². The third-order valence-corrected chi connectivity index (χ3v) is 2.74. The van der Waals surface area contributed by atoms with Crippen LogP contribution in [0.3, 0.4) is 0 Å². The lowest BCUT2D eigenvalue weighted by atomic mass is 9.94. The Kier molecular flexibility index (Phi) is 2.59. The summed E-state index contributed by atoms with van der Waals surface area (Å²) in [4.78, 5) is 0. The van der Waals surface area contributed by atoms with Gasteiger partial charge in [0, 0.05) is 0 Å². The Hall–Kier alpha value is -1.56. The molecule has 0 N–H and O–H groups in total. The predicted octanol–water partition coefficient (Wildman–Crippen LogP) is 4.28. The first-order valence-corrected chi connectivity index (χ1v) is 5.32. The first-order valence-electron chi connectivity index (χ1n) is 5.32. The Balaban J connectivity index is 2.64. The topological polar surface area (TPSA) is 0 Å². The van der Waals surface area contributed by atoms with E-state index in [2.05, 4.69) is 63.2 Å². The van der Waals surface area contributed by atoms with Crippen molar-refractivity contribution in [2.45, 2.75) is 20.8 Å². The van der Waals surface area contributed by atoms with Gasteiger partial charge in [-0.3, -0.25) is 0 Å². The van der Waals surface area contributed by atoms with E-state index in [9.17, 15) is 0 Å². The van der Waals surface area contributed by atoms with Crippen molar-refractivity contribution in [1.82, 2.24) is 0 Å². The Bertz CT molecular complexity index is 444. The van der Waals surface area contributed by atoms with Crippen LogP contribution in [0, 0.1) is 20.8 Å². The van der Waals surface area contributed by atoms with Gasteiger partial charge >= 0.3 is 0 Å². The van der Waals surface area contributed by atoms with Gasteiger partial charge in [-0.1, -0.05) is 48.0 Å². The average Bonchev–Trinajstić information content (AvgIpc) is 2.17. The van der Waals surface area contributed by atoms with Crippen molar-refractivity contribution in [3.8, 4) is 11.1 Å². The van der Waals surface area contributed by atoms with Crippen molar-refractivity contribution >= 4 is 0 Å². The van der Waals surface area contributed by atoms with Crippen LogP contribution in [0.4, 0.5) is 0 Å². The summed E-state index contributed by atoms with van der Waals surface area (Å²) >= 11 is 0. The summed E-state index contributed by atoms with van der Waals surface area (Å²) in [5, 5.41) is 0. The highest BCUT2D eigenvalue weighted by Crippen LogP contribution is 2.27. The van der Waals surface area contributed by atoms with E-state index in [1.165, 1.54) is 27.8 Å². The maximum atomic E-state index is 2.25. The summed E-state index contributed by atoms with van der Waals surface area (Å²) < 4.78 is 0. The van der Waals surface area contributed by atoms with Gasteiger partial charge in [0.1, 0.15) is 0 Å². The zero-order valence-electron chi connectivity index (χ0n) is 9.54. The number of aryl methyl sites for hydroxylation is 3. The molecule has 15 heavy (non-hydrogen) atoms. The minimum Gasteiger partial charge on any atom is -0.0622 e. The van der Waals surface area contributed by atoms with Crippen LogP contribution >= 0.6 is 0 Å². The van der Waals surface area contributed by atoms with E-state index in [4.69, 9.17) is 0 Å². The standard InChI is InChI=1S/C15H16/c1-11-9-12(2)15(13(3)10-11)14-7-5-4-6-8-14/h4-10H,1-3H3. The second-order valence-electron chi connectivity index (χ2n) is 4.14. The summed E-state index contributed by atoms with van der Waals surface area (Å²) in [5.41, 5.74) is 6.75. The number of rotatable bonds is 1. The van der Waals surface area contributed by atoms with E-state index in [0.717, 1.165) is 0 Å². The lowest BCUT2D eigenvalue weighted by Crippen LogP contribution is -1.89. The molecule has 0 aliphatic heterocycles. The fraction of sp³-hybridized carbons (Fsp3) is 0.200. The van der Waals surface area contributed by atoms with Crippen LogP contribution < -0.4 is 0 Å². The molecule has 0 unspecified atom stereocenters. The summed E-state index contributed by atoms with van der Waals surface area (Å²) in [5.74, 6) is 0. The van der Waals surface area contributed by atoms with E-state index < -0.39 is 0 Å². The largest absolute Gasteiger partial charge is 0.0622 e. The predicted molar refractivity (Wildman–Crippen MR) is 66.1 cm³/mol. The van der Waals surface area contributed by atoms with Crippen molar-refractivity contribution < 1.29 is 0 Å². The SMILES string of the molecule is Cc1cc(C)c(-c2ccccc2)c(C)c1. The van der Waals surface area contributed by atoms with Crippen LogP contribution in [0.15, 0.2) is 42.5 Å². The number of hydrogen-bond acceptors (Lipinski definition) is 0. The van der Waals surface area contributed by atoms with Gasteiger partial charge in [-0.25, -0.2) is 0 Å². The molecule has 0 atom stereocenters. The summed E-state index contributed by atoms with van der Waals surface area (Å²) in [6.45, 7) is 6.51. The van der Waals surface area contributed by atoms with Crippen LogP contribution in [0.5, 0.6) is 0 Å². The van der Waals surface area contributed by atoms with Gasteiger partial charge in [-0.15, -0.1) is 0 Å². The lowest BCUT2D eigenvalue weighted by molar-refractivity contribution is 1.32. The van der Waals surface area contributed by atoms with Crippen molar-refractivity contribution in [2.24, 2.45) is 0 Å². The maximum Gasteiger partial charge on any atom is -0.0125 e. The summed E-state index contributed by atoms with van der Waals surface area (Å²) in [7, 11) is 0. The van der Waals surface area contributed by atoms with E-state index in [1.807, 2.05) is 0 Å². The zero-order valence-corrected chi connectivity index (χ0v) is 9.54. The molecule has 2 aromatic carbocycles. The van der Waals surface area contributed by atoms with E-state index in [-0.39, 0.29) is 0 Å². The molecule has 0 aromatic heterocycles. The van der Waals surface area contributed by atoms with Gasteiger partial charge in [0.2, 0.25) is 0 Å². The van der Waals surface area contributed by atoms with Crippen LogP contribution in [0.25, 0.3) is 11.1 Å². The van der Waals surface area contributed by atoms with Crippen LogP contribution in [-0.2, 0) is 0 Å². The summed E-state index contributed by atoms with van der Waals surface area (Å²) in [6.07, 6.45) is 0. The van der Waals surface area contributed by atoms with Crippen molar-refractivity contribution in [2.75, 3.05) is 0 Å². The quantitative estimate of drug-likeness (QED) is 0.638. The van der Waals surface area contributed by atoms with E-state index in [0.29, 0.717) is 0 Å². The van der Waals surface area contributed by atoms with Crippen molar-refractivity contribution in [3.63, 3.8) is 0 Å². The molecule has 0 heteroatoms. The van der Waals surface area contributed by atoms with Crippen molar-refractivity contribution in [3.05, 3.63) is 59.2 Å². The Morgan fingerprint density at radius 1 is 0.733 bits per heavy atom. The molecule has 2 rings (SSSR count). The third-order valence-electron chi connectivity index (χ3n) is 2.74. The highest BCUT2D eigenvalue weighted by atomic mass is 14.1. The molecule has 0 aliphatic carbocycles. The van der Waals surface area contributed by atoms with Gasteiger partial charge in [-0.05, 0) is 43.0 Å². The maximum absolute atomic E-state index is 2.25. The molecular weight excluding hydrogens is 180 g/mol. The fourth-order valence-electron chi connectivity index (χ4n) is 2.24. The Morgan fingerprint density at radius 3 is 1.80 bits per heavy atom. The molecule has 2 aromatic rings. The number of benzene rings is 2. The summed E-state index contributed by atoms with van der Waals surface area (Å²) in [6, 6.07) is 15.1. The third kappa shape index (κ3) is 1.94. The van der Waals surface area contributed by atoms with E-state index in [1.54, 1.807) is 0 Å². The fourth-order valence-corrected chi connectivity index (χ4v) is 2.24. The Morgan fingerprint density at radius 2 is 1.27 bits per heavy atom. The average molecular weight is 196 g/mol. The van der Waals surface area contributed by atoms with Crippen LogP contribution in [0.1, 0.15) is 16.7 Å². The highest BCUT2D eigenvalue weighted by Gasteiger charge is 2.05. The molecule has 0 amide bonds. The molecule has 0 nitrogen and oxygen atoms in total. The first-order chi connectivity index (χ1) is 7.18. The second-order valence-corrected chi connectivity index (χ2v) is 4.14. The molecule has 0 bridgehead atoms. The van der Waals surface area contributed by atoms with Gasteiger partial charge < -0.3 is 0 Å². The van der Waals surface area contributed by atoms with Crippen LogP contribution in [-0.4, -0.2) is 0 Å². The van der Waals surface area contributed by atoms with Gasteiger partial charge in [0.25, 0.3) is 0 Å². The highest BCUT2D eigenvalue weighted by molar-refractivity contribution is 5.71. The molecule has 0 radical (unpaired) electrons. The lowest BCUT2D eigenvalue weighted by Gasteiger charge is -2.11. The smallest absolute Gasteiger partial charge is 0.0125 e. The van der Waals surface area contributed by atoms with Crippen LogP contribution in [0.2, 0.25) is 0 Å². The second kappa shape index (κ2) is 3.90. The molecule has 0 spiro atoms. The molecule has 0 saturated carbocycles. The van der Waals surface area contributed by atoms with Gasteiger partial charge in [-0.2, -0.15) is 0 Å². The minimum atomic E-state index is 1.31. The molecule has 0 aliphatic rings. The number of hydrogen-bond donors (Lipinski definition) is 0. The Labute approximate surface area is 91.6 Å². The molecule has 0 saturated heterocycles. The molecule has 0 fully saturated rings. The minimum absolute atomic E-state index is 1.31. The van der Waals surface area contributed by atoms with Gasteiger partial charge in [0.15, 0.2) is 0 Å². The van der Waals surface area contributed by atoms with E-state index >= 15 is 0 Å². The molecular formula is C15H16. The molecule has 0 heterocycles. The van der Waals surface area contributed by atoms with Gasteiger partial charge in [0.05, 0.1) is 0 Å². The zero-order chi connectivity index (χ0) is 10.8. The first kappa shape index (κ1) is 9.97. The normalized spacial score (nSPS) is 10.3. The molecule has 76 valence electrons. The monoisotopic (exact) mass is 196 g/mol.